The number of benzene rings is 9. The summed E-state index contributed by atoms with van der Waals surface area (Å²) in [6, 6.07) is 62.6. The van der Waals surface area contributed by atoms with Crippen LogP contribution in [0.2, 0.25) is 0 Å². The molecular formula is C66H63BN2O. The molecule has 3 heterocycles. The highest BCUT2D eigenvalue weighted by molar-refractivity contribution is 7.03. The normalized spacial score (nSPS) is 13.9. The zero-order valence-electron chi connectivity index (χ0n) is 43.0. The molecule has 0 bridgehead atoms. The van der Waals surface area contributed by atoms with Crippen molar-refractivity contribution in [2.24, 2.45) is 0 Å². The highest BCUT2D eigenvalue weighted by Crippen LogP contribution is 2.50. The van der Waals surface area contributed by atoms with Crippen LogP contribution in [0.1, 0.15) is 105 Å². The number of fused-ring (bicyclic) bond motifs is 11. The predicted octanol–water partition coefficient (Wildman–Crippen LogP) is 16.8. The van der Waals surface area contributed by atoms with Crippen molar-refractivity contribution in [3.8, 4) is 11.1 Å². The number of nitrogens with zero attached hydrogens (tertiary/aromatic N) is 2. The first-order chi connectivity index (χ1) is 33.2. The molecule has 346 valence electrons. The lowest BCUT2D eigenvalue weighted by Crippen LogP contribution is -2.61. The Hall–Kier alpha value is -7.04. The van der Waals surface area contributed by atoms with E-state index in [1.54, 1.807) is 0 Å². The second-order valence-corrected chi connectivity index (χ2v) is 24.3. The van der Waals surface area contributed by atoms with Crippen molar-refractivity contribution < 1.29 is 4.42 Å². The molecule has 2 aliphatic heterocycles. The standard InChI is InChI=1S/C66H63BN2O/c1-63(2,3)43-34-44(64(4,5)6)37-47(36-43)68-53-30-28-40-20-13-15-22-50(40)60(53)67-61-51-23-16-14-21-41(51)29-31-54(61)69(48-38-45(65(7,8)9)35-46(39-48)66(10,11)12)56-33-42(32-55(68)62(56)67)49-25-19-27-58-59(49)52-24-17-18-26-57(52)70-58/h13-39H,1-12H3. The number of hydrogen-bond acceptors (Lipinski definition) is 3. The molecule has 10 aromatic rings. The van der Waals surface area contributed by atoms with Crippen molar-refractivity contribution >= 4 is 101 Å². The van der Waals surface area contributed by atoms with Crippen LogP contribution in [0.5, 0.6) is 0 Å². The molecule has 9 aromatic carbocycles. The summed E-state index contributed by atoms with van der Waals surface area (Å²) in [6.07, 6.45) is 0. The summed E-state index contributed by atoms with van der Waals surface area (Å²) in [5.74, 6) is 0. The molecule has 3 nitrogen and oxygen atoms in total. The minimum absolute atomic E-state index is 0.0833. The van der Waals surface area contributed by atoms with Gasteiger partial charge in [0.1, 0.15) is 11.2 Å². The van der Waals surface area contributed by atoms with Crippen molar-refractivity contribution in [2.45, 2.75) is 105 Å². The van der Waals surface area contributed by atoms with Gasteiger partial charge in [-0.1, -0.05) is 186 Å². The highest BCUT2D eigenvalue weighted by atomic mass is 16.3. The first-order valence-electron chi connectivity index (χ1n) is 25.3. The number of anilines is 6. The van der Waals surface area contributed by atoms with Gasteiger partial charge in [0.05, 0.1) is 0 Å². The summed E-state index contributed by atoms with van der Waals surface area (Å²) < 4.78 is 6.63. The Morgan fingerprint density at radius 3 is 1.23 bits per heavy atom. The third kappa shape index (κ3) is 6.92. The van der Waals surface area contributed by atoms with Crippen molar-refractivity contribution in [1.82, 2.24) is 0 Å². The second-order valence-electron chi connectivity index (χ2n) is 24.3. The average Bonchev–Trinajstić information content (AvgIpc) is 3.71. The Bertz CT molecular complexity index is 3540. The lowest BCUT2D eigenvalue weighted by Gasteiger charge is -2.46. The molecule has 0 atom stereocenters. The van der Waals surface area contributed by atoms with Gasteiger partial charge < -0.3 is 14.2 Å². The van der Waals surface area contributed by atoms with Crippen LogP contribution in [0.3, 0.4) is 0 Å². The summed E-state index contributed by atoms with van der Waals surface area (Å²) in [5, 5.41) is 7.32. The molecule has 0 saturated heterocycles. The van der Waals surface area contributed by atoms with Crippen LogP contribution in [0.4, 0.5) is 34.1 Å². The lowest BCUT2D eigenvalue weighted by molar-refractivity contribution is 0.568. The minimum Gasteiger partial charge on any atom is -0.456 e. The fraction of sp³-hybridized carbons (Fsp3) is 0.242. The minimum atomic E-state index is -0.0860. The Morgan fingerprint density at radius 2 is 0.771 bits per heavy atom. The number of furan rings is 1. The zero-order chi connectivity index (χ0) is 48.8. The Labute approximate surface area is 414 Å². The van der Waals surface area contributed by atoms with E-state index in [2.05, 4.69) is 257 Å². The van der Waals surface area contributed by atoms with Crippen LogP contribution in [0.15, 0.2) is 168 Å². The molecule has 0 radical (unpaired) electrons. The number of hydrogen-bond donors (Lipinski definition) is 0. The van der Waals surface area contributed by atoms with Crippen LogP contribution in [0, 0.1) is 0 Å². The van der Waals surface area contributed by atoms with E-state index in [9.17, 15) is 0 Å². The van der Waals surface area contributed by atoms with Crippen LogP contribution in [-0.4, -0.2) is 6.71 Å². The summed E-state index contributed by atoms with van der Waals surface area (Å²) in [5.41, 5.74) is 20.2. The summed E-state index contributed by atoms with van der Waals surface area (Å²) >= 11 is 0. The third-order valence-electron chi connectivity index (χ3n) is 15.4. The van der Waals surface area contributed by atoms with Gasteiger partial charge in [-0.05, 0) is 154 Å². The fourth-order valence-corrected chi connectivity index (χ4v) is 11.5. The quantitative estimate of drug-likeness (QED) is 0.165. The summed E-state index contributed by atoms with van der Waals surface area (Å²) in [7, 11) is 0. The molecule has 12 rings (SSSR count). The molecule has 1 aromatic heterocycles. The summed E-state index contributed by atoms with van der Waals surface area (Å²) in [4.78, 5) is 5.28. The molecule has 0 spiro atoms. The van der Waals surface area contributed by atoms with Gasteiger partial charge in [0.25, 0.3) is 6.71 Å². The van der Waals surface area contributed by atoms with E-state index in [-0.39, 0.29) is 28.4 Å². The Morgan fingerprint density at radius 1 is 0.357 bits per heavy atom. The van der Waals surface area contributed by atoms with E-state index >= 15 is 0 Å². The van der Waals surface area contributed by atoms with Crippen LogP contribution < -0.4 is 26.2 Å². The largest absolute Gasteiger partial charge is 0.456 e. The van der Waals surface area contributed by atoms with E-state index in [1.807, 2.05) is 0 Å². The topological polar surface area (TPSA) is 19.6 Å². The number of para-hydroxylation sites is 1. The monoisotopic (exact) mass is 911 g/mol. The van der Waals surface area contributed by atoms with E-state index in [4.69, 9.17) is 4.42 Å². The van der Waals surface area contributed by atoms with E-state index < -0.39 is 0 Å². The fourth-order valence-electron chi connectivity index (χ4n) is 11.5. The van der Waals surface area contributed by atoms with Crippen molar-refractivity contribution in [3.05, 3.63) is 186 Å². The molecule has 0 amide bonds. The van der Waals surface area contributed by atoms with E-state index in [0.29, 0.717) is 0 Å². The van der Waals surface area contributed by atoms with Crippen LogP contribution >= 0.6 is 0 Å². The zero-order valence-corrected chi connectivity index (χ0v) is 43.0. The lowest BCUT2D eigenvalue weighted by atomic mass is 9.32. The van der Waals surface area contributed by atoms with Crippen LogP contribution in [0.25, 0.3) is 54.6 Å². The predicted molar refractivity (Wildman–Crippen MR) is 303 cm³/mol. The maximum Gasteiger partial charge on any atom is 0.253 e. The molecule has 0 saturated carbocycles. The second kappa shape index (κ2) is 15.2. The average molecular weight is 911 g/mol. The van der Waals surface area contributed by atoms with Gasteiger partial charge in [0, 0.05) is 44.9 Å². The first-order valence-corrected chi connectivity index (χ1v) is 25.3. The molecule has 0 N–H and O–H groups in total. The number of rotatable bonds is 3. The Balaban J connectivity index is 1.30. The first kappa shape index (κ1) is 44.2. The SMILES string of the molecule is CC(C)(C)c1cc(N2c3cc(-c4cccc5oc6ccccc6c45)cc4c3B(c3c2ccc2ccccc32)c2c(ccc3ccccc23)N4c2cc(C(C)(C)C)cc(C(C)(C)C)c2)cc(C(C)(C)C)c1. The maximum absolute atomic E-state index is 6.63. The molecule has 0 fully saturated rings. The highest BCUT2D eigenvalue weighted by Gasteiger charge is 2.46. The smallest absolute Gasteiger partial charge is 0.253 e. The molecule has 0 aliphatic carbocycles. The van der Waals surface area contributed by atoms with Gasteiger partial charge in [-0.15, -0.1) is 0 Å². The van der Waals surface area contributed by atoms with Gasteiger partial charge in [-0.2, -0.15) is 0 Å². The van der Waals surface area contributed by atoms with Gasteiger partial charge in [-0.25, -0.2) is 0 Å². The van der Waals surface area contributed by atoms with Gasteiger partial charge in [0.2, 0.25) is 0 Å². The van der Waals surface area contributed by atoms with Gasteiger partial charge in [-0.3, -0.25) is 0 Å². The Kier molecular flexibility index (Phi) is 9.62. The molecular weight excluding hydrogens is 848 g/mol. The summed E-state index contributed by atoms with van der Waals surface area (Å²) in [6.45, 7) is 28.1. The third-order valence-corrected chi connectivity index (χ3v) is 15.4. The van der Waals surface area contributed by atoms with E-state index in [1.165, 1.54) is 94.3 Å². The van der Waals surface area contributed by atoms with Gasteiger partial charge >= 0.3 is 0 Å². The maximum atomic E-state index is 6.63. The van der Waals surface area contributed by atoms with E-state index in [0.717, 1.165) is 33.1 Å². The molecule has 4 heteroatoms. The molecule has 70 heavy (non-hydrogen) atoms. The van der Waals surface area contributed by atoms with Crippen molar-refractivity contribution in [1.29, 1.82) is 0 Å². The van der Waals surface area contributed by atoms with Crippen LogP contribution in [-0.2, 0) is 21.7 Å². The van der Waals surface area contributed by atoms with Crippen molar-refractivity contribution in [3.63, 3.8) is 0 Å². The molecule has 2 aliphatic rings. The van der Waals surface area contributed by atoms with Gasteiger partial charge in [0.15, 0.2) is 0 Å². The molecule has 0 unspecified atom stereocenters. The van der Waals surface area contributed by atoms with Crippen molar-refractivity contribution in [2.75, 3.05) is 9.80 Å².